The Morgan fingerprint density at radius 1 is 0.935 bits per heavy atom. The minimum Gasteiger partial charge on any atom is -0.506 e. The molecular formula is C23H24N2O5S. The molecule has 3 rings (SSSR count). The number of rotatable bonds is 5. The largest absolute Gasteiger partial charge is 0.506 e. The summed E-state index contributed by atoms with van der Waals surface area (Å²) in [7, 11) is -2.55. The van der Waals surface area contributed by atoms with E-state index in [1.165, 1.54) is 37.4 Å². The molecule has 0 atom stereocenters. The molecule has 2 amide bonds. The molecule has 0 aliphatic carbocycles. The van der Waals surface area contributed by atoms with Crippen molar-refractivity contribution in [1.82, 2.24) is 0 Å². The lowest BCUT2D eigenvalue weighted by Gasteiger charge is -2.16. The first kappa shape index (κ1) is 22.2. The molecule has 0 saturated carbocycles. The number of benzene rings is 3. The van der Waals surface area contributed by atoms with Crippen LogP contribution in [0.25, 0.3) is 0 Å². The van der Waals surface area contributed by atoms with Crippen LogP contribution in [0.1, 0.15) is 16.7 Å². The van der Waals surface area contributed by atoms with E-state index in [9.17, 15) is 18.3 Å². The van der Waals surface area contributed by atoms with E-state index in [1.54, 1.807) is 19.9 Å². The maximum atomic E-state index is 13.2. The van der Waals surface area contributed by atoms with E-state index in [4.69, 9.17) is 4.74 Å². The van der Waals surface area contributed by atoms with Gasteiger partial charge in [-0.25, -0.2) is 13.2 Å². The highest BCUT2D eigenvalue weighted by Crippen LogP contribution is 2.37. The van der Waals surface area contributed by atoms with Crippen LogP contribution in [0, 0.1) is 20.8 Å². The SMILES string of the molecule is COc1ccc(S(=O)(=O)c2cc(NC(=O)Nc3cccc(C)c3)c(C)c(C)c2O)cc1. The minimum atomic E-state index is -4.03. The molecule has 0 unspecified atom stereocenters. The topological polar surface area (TPSA) is 105 Å². The molecule has 0 bridgehead atoms. The number of ether oxygens (including phenoxy) is 1. The zero-order valence-corrected chi connectivity index (χ0v) is 18.5. The second-order valence-electron chi connectivity index (χ2n) is 7.15. The summed E-state index contributed by atoms with van der Waals surface area (Å²) in [5.74, 6) is 0.163. The van der Waals surface area contributed by atoms with Crippen LogP contribution in [0.4, 0.5) is 16.2 Å². The molecule has 0 fully saturated rings. The smallest absolute Gasteiger partial charge is 0.323 e. The number of phenols is 1. The third-order valence-electron chi connectivity index (χ3n) is 5.01. The molecule has 0 aromatic heterocycles. The summed E-state index contributed by atoms with van der Waals surface area (Å²) in [5.41, 5.74) is 2.80. The molecular weight excluding hydrogens is 416 g/mol. The number of aromatic hydroxyl groups is 1. The van der Waals surface area contributed by atoms with Crippen molar-refractivity contribution in [1.29, 1.82) is 0 Å². The molecule has 0 radical (unpaired) electrons. The van der Waals surface area contributed by atoms with Crippen molar-refractivity contribution >= 4 is 27.2 Å². The van der Waals surface area contributed by atoms with Crippen LogP contribution in [-0.2, 0) is 9.84 Å². The molecule has 162 valence electrons. The maximum Gasteiger partial charge on any atom is 0.323 e. The highest BCUT2D eigenvalue weighted by molar-refractivity contribution is 7.91. The highest BCUT2D eigenvalue weighted by atomic mass is 32.2. The summed E-state index contributed by atoms with van der Waals surface area (Å²) in [6.07, 6.45) is 0. The summed E-state index contributed by atoms with van der Waals surface area (Å²) in [6.45, 7) is 5.20. The number of phenolic OH excluding ortho intramolecular Hbond substituents is 1. The number of anilines is 2. The number of nitrogens with one attached hydrogen (secondary N) is 2. The number of methoxy groups -OCH3 is 1. The first-order valence-electron chi connectivity index (χ1n) is 9.50. The molecule has 0 heterocycles. The molecule has 3 aromatic carbocycles. The van der Waals surface area contributed by atoms with Gasteiger partial charge in [0, 0.05) is 11.4 Å². The third-order valence-corrected chi connectivity index (χ3v) is 6.80. The molecule has 3 aromatic rings. The Hall–Kier alpha value is -3.52. The van der Waals surface area contributed by atoms with Crippen LogP contribution in [0.5, 0.6) is 11.5 Å². The van der Waals surface area contributed by atoms with Crippen molar-refractivity contribution in [2.24, 2.45) is 0 Å². The fourth-order valence-electron chi connectivity index (χ4n) is 3.10. The standard InChI is InChI=1S/C23H24N2O5S/c1-14-6-5-7-17(12-14)24-23(27)25-20-13-21(22(26)16(3)15(20)2)31(28,29)19-10-8-18(30-4)9-11-19/h5-13,26H,1-4H3,(H2,24,25,27). The number of carbonyl (C=O) groups is 1. The summed E-state index contributed by atoms with van der Waals surface area (Å²) in [6, 6.07) is 13.9. The second kappa shape index (κ2) is 8.69. The van der Waals surface area contributed by atoms with Crippen LogP contribution >= 0.6 is 0 Å². The van der Waals surface area contributed by atoms with Gasteiger partial charge in [-0.3, -0.25) is 0 Å². The number of amides is 2. The Labute approximate surface area is 181 Å². The average Bonchev–Trinajstić information content (AvgIpc) is 2.74. The molecule has 0 aliphatic heterocycles. The molecule has 31 heavy (non-hydrogen) atoms. The monoisotopic (exact) mass is 440 g/mol. The van der Waals surface area contributed by atoms with Crippen molar-refractivity contribution in [3.8, 4) is 11.5 Å². The minimum absolute atomic E-state index is 0.00187. The van der Waals surface area contributed by atoms with Crippen LogP contribution in [0.2, 0.25) is 0 Å². The first-order valence-corrected chi connectivity index (χ1v) is 11.0. The van der Waals surface area contributed by atoms with Gasteiger partial charge in [0.15, 0.2) is 0 Å². The Balaban J connectivity index is 1.96. The van der Waals surface area contributed by atoms with E-state index in [1.807, 2.05) is 25.1 Å². The van der Waals surface area contributed by atoms with E-state index in [0.29, 0.717) is 22.6 Å². The summed E-state index contributed by atoms with van der Waals surface area (Å²) < 4.78 is 31.4. The number of aryl methyl sites for hydroxylation is 1. The Kier molecular flexibility index (Phi) is 6.21. The van der Waals surface area contributed by atoms with Gasteiger partial charge in [0.25, 0.3) is 0 Å². The van der Waals surface area contributed by atoms with E-state index in [0.717, 1.165) is 5.56 Å². The predicted octanol–water partition coefficient (Wildman–Crippen LogP) is 4.80. The van der Waals surface area contributed by atoms with E-state index >= 15 is 0 Å². The quantitative estimate of drug-likeness (QED) is 0.494. The average molecular weight is 441 g/mol. The molecule has 8 heteroatoms. The van der Waals surface area contributed by atoms with Crippen molar-refractivity contribution in [3.05, 3.63) is 71.3 Å². The van der Waals surface area contributed by atoms with Gasteiger partial charge in [0.05, 0.1) is 12.0 Å². The Bertz CT molecular complexity index is 1240. The van der Waals surface area contributed by atoms with Gasteiger partial charge in [0.1, 0.15) is 16.4 Å². The number of carbonyl (C=O) groups excluding carboxylic acids is 1. The maximum absolute atomic E-state index is 13.2. The lowest BCUT2D eigenvalue weighted by Crippen LogP contribution is -2.20. The van der Waals surface area contributed by atoms with Gasteiger partial charge in [-0.1, -0.05) is 12.1 Å². The zero-order valence-electron chi connectivity index (χ0n) is 17.7. The highest BCUT2D eigenvalue weighted by Gasteiger charge is 2.25. The number of sulfone groups is 1. The van der Waals surface area contributed by atoms with Gasteiger partial charge in [-0.15, -0.1) is 0 Å². The van der Waals surface area contributed by atoms with E-state index < -0.39 is 15.9 Å². The fraction of sp³-hybridized carbons (Fsp3) is 0.174. The number of hydrogen-bond acceptors (Lipinski definition) is 5. The predicted molar refractivity (Wildman–Crippen MR) is 120 cm³/mol. The lowest BCUT2D eigenvalue weighted by molar-refractivity contribution is 0.262. The van der Waals surface area contributed by atoms with E-state index in [2.05, 4.69) is 10.6 Å². The first-order chi connectivity index (χ1) is 14.6. The second-order valence-corrected chi connectivity index (χ2v) is 9.07. The van der Waals surface area contributed by atoms with Gasteiger partial charge in [0.2, 0.25) is 9.84 Å². The van der Waals surface area contributed by atoms with Crippen molar-refractivity contribution in [2.45, 2.75) is 30.6 Å². The summed E-state index contributed by atoms with van der Waals surface area (Å²) >= 11 is 0. The molecule has 7 nitrogen and oxygen atoms in total. The molecule has 0 aliphatic rings. The van der Waals surface area contributed by atoms with E-state index in [-0.39, 0.29) is 21.2 Å². The van der Waals surface area contributed by atoms with Crippen molar-refractivity contribution in [3.63, 3.8) is 0 Å². The van der Waals surface area contributed by atoms with Crippen LogP contribution in [-0.4, -0.2) is 26.7 Å². The Morgan fingerprint density at radius 2 is 1.61 bits per heavy atom. The Morgan fingerprint density at radius 3 is 2.23 bits per heavy atom. The summed E-state index contributed by atoms with van der Waals surface area (Å²) in [4.78, 5) is 12.2. The van der Waals surface area contributed by atoms with Crippen LogP contribution < -0.4 is 15.4 Å². The zero-order chi connectivity index (χ0) is 22.8. The van der Waals surface area contributed by atoms with Crippen LogP contribution in [0.3, 0.4) is 0 Å². The van der Waals surface area contributed by atoms with Gasteiger partial charge in [-0.05, 0) is 79.9 Å². The number of hydrogen-bond donors (Lipinski definition) is 3. The van der Waals surface area contributed by atoms with Gasteiger partial charge in [-0.2, -0.15) is 0 Å². The van der Waals surface area contributed by atoms with Crippen LogP contribution in [0.15, 0.2) is 64.4 Å². The van der Waals surface area contributed by atoms with Crippen molar-refractivity contribution in [2.75, 3.05) is 17.7 Å². The third kappa shape index (κ3) is 4.64. The number of urea groups is 1. The van der Waals surface area contributed by atoms with Gasteiger partial charge >= 0.3 is 6.03 Å². The van der Waals surface area contributed by atoms with Gasteiger partial charge < -0.3 is 20.5 Å². The normalized spacial score (nSPS) is 11.1. The van der Waals surface area contributed by atoms with Crippen molar-refractivity contribution < 1.29 is 23.1 Å². The molecule has 0 saturated heterocycles. The summed E-state index contributed by atoms with van der Waals surface area (Å²) in [5, 5.41) is 16.0. The lowest BCUT2D eigenvalue weighted by atomic mass is 10.1. The fourth-order valence-corrected chi connectivity index (χ4v) is 4.53. The molecule has 0 spiro atoms. The molecule has 3 N–H and O–H groups in total.